The van der Waals surface area contributed by atoms with Gasteiger partial charge in [-0.1, -0.05) is 48.5 Å². The summed E-state index contributed by atoms with van der Waals surface area (Å²) in [4.78, 5) is 13.6. The molecule has 2 aliphatic carbocycles. The van der Waals surface area contributed by atoms with Gasteiger partial charge in [0.2, 0.25) is 0 Å². The molecule has 1 N–H and O–H groups in total. The van der Waals surface area contributed by atoms with Crippen LogP contribution in [0.15, 0.2) is 72.9 Å². The third-order valence-corrected chi connectivity index (χ3v) is 8.88. The van der Waals surface area contributed by atoms with E-state index in [0.717, 1.165) is 42.3 Å². The lowest BCUT2D eigenvalue weighted by atomic mass is 9.71. The quantitative estimate of drug-likeness (QED) is 0.264. The number of hydrogen-bond acceptors (Lipinski definition) is 4. The zero-order valence-electron chi connectivity index (χ0n) is 18.5. The van der Waals surface area contributed by atoms with Crippen LogP contribution in [0.4, 0.5) is 0 Å². The Bertz CT molecular complexity index is 1440. The van der Waals surface area contributed by atoms with Crippen LogP contribution < -0.4 is 0 Å². The first kappa shape index (κ1) is 21.9. The summed E-state index contributed by atoms with van der Waals surface area (Å²) in [7, 11) is 1.57. The lowest BCUT2D eigenvalue weighted by Gasteiger charge is -2.32. The molecule has 6 heteroatoms. The number of aromatic nitrogens is 2. The molecule has 34 heavy (non-hydrogen) atoms. The van der Waals surface area contributed by atoms with Crippen LogP contribution in [-0.2, 0) is 17.6 Å². The first-order valence-electron chi connectivity index (χ1n) is 11.5. The number of aromatic hydroxyl groups is 1. The Morgan fingerprint density at radius 2 is 1.85 bits per heavy atom. The van der Waals surface area contributed by atoms with Crippen molar-refractivity contribution in [3.05, 3.63) is 95.2 Å². The second-order valence-electron chi connectivity index (χ2n) is 9.30. The molecule has 0 saturated heterocycles. The van der Waals surface area contributed by atoms with Crippen LogP contribution in [0, 0.1) is 5.41 Å². The summed E-state index contributed by atoms with van der Waals surface area (Å²) < 4.78 is 1.95. The molecule has 0 bridgehead atoms. The van der Waals surface area contributed by atoms with E-state index in [4.69, 9.17) is 0 Å². The molecular weight excluding hydrogens is 555 g/mol. The lowest BCUT2D eigenvalue weighted by Crippen LogP contribution is -2.24. The lowest BCUT2D eigenvalue weighted by molar-refractivity contribution is -0.113. The highest BCUT2D eigenvalue weighted by atomic mass is 127. The second-order valence-corrected chi connectivity index (χ2v) is 11.0. The minimum Gasteiger partial charge on any atom is -0.508 e. The number of phenols is 1. The minimum absolute atomic E-state index is 0.156. The number of allylic oxidation sites excluding steroid dienone is 2. The van der Waals surface area contributed by atoms with Crippen molar-refractivity contribution in [2.45, 2.75) is 32.1 Å². The molecule has 1 aromatic heterocycles. The number of hydrogen-bond donors (Lipinski definition) is 1. The minimum atomic E-state index is -0.156. The average molecular weight is 578 g/mol. The standard InChI is InChI=1S/C28H23IN2O2S/c29-34-31-24-13-12-21-22(23(24)17-30-31)16-28(15-18-5-2-1-3-6-18)14-4-7-25(33)26(27(21)28)19-8-10-20(32)11-9-19/h1-3,5-6,8-13,17,32H,4,7,14-16H2. The van der Waals surface area contributed by atoms with Gasteiger partial charge in [-0.2, -0.15) is 9.19 Å². The van der Waals surface area contributed by atoms with Crippen LogP contribution >= 0.6 is 30.3 Å². The number of nitrogens with zero attached hydrogens (tertiary/aromatic N) is 2. The summed E-state index contributed by atoms with van der Waals surface area (Å²) in [5.41, 5.74) is 7.62. The van der Waals surface area contributed by atoms with E-state index < -0.39 is 0 Å². The average Bonchev–Trinajstić information content (AvgIpc) is 3.37. The molecule has 0 aliphatic heterocycles. The molecule has 2 aliphatic rings. The topological polar surface area (TPSA) is 55.1 Å². The normalized spacial score (nSPS) is 19.9. The van der Waals surface area contributed by atoms with Gasteiger partial charge < -0.3 is 5.11 Å². The Balaban J connectivity index is 1.66. The Labute approximate surface area is 214 Å². The van der Waals surface area contributed by atoms with Crippen LogP contribution in [0.25, 0.3) is 22.0 Å². The molecule has 170 valence electrons. The molecule has 4 nitrogen and oxygen atoms in total. The van der Waals surface area contributed by atoms with Gasteiger partial charge in [0, 0.05) is 53.1 Å². The highest BCUT2D eigenvalue weighted by molar-refractivity contribution is 14.2. The van der Waals surface area contributed by atoms with Gasteiger partial charge >= 0.3 is 0 Å². The van der Waals surface area contributed by atoms with Crippen LogP contribution in [0.1, 0.15) is 41.5 Å². The van der Waals surface area contributed by atoms with E-state index in [1.54, 1.807) is 21.3 Å². The molecule has 0 fully saturated rings. The van der Waals surface area contributed by atoms with Crippen LogP contribution in [-0.4, -0.2) is 20.1 Å². The maximum atomic E-state index is 13.6. The van der Waals surface area contributed by atoms with E-state index in [2.05, 4.69) is 68.8 Å². The molecular formula is C28H23IN2O2S. The van der Waals surface area contributed by atoms with E-state index in [1.165, 1.54) is 27.6 Å². The van der Waals surface area contributed by atoms with Crippen LogP contribution in [0.3, 0.4) is 0 Å². The Morgan fingerprint density at radius 1 is 1.06 bits per heavy atom. The van der Waals surface area contributed by atoms with E-state index >= 15 is 0 Å². The number of carbonyl (C=O) groups is 1. The smallest absolute Gasteiger partial charge is 0.163 e. The molecule has 0 radical (unpaired) electrons. The third-order valence-electron chi connectivity index (χ3n) is 7.34. The number of fused-ring (bicyclic) bond motifs is 5. The number of Topliss-reactive ketones (excluding diaryl/α,β-unsaturated/α-hetero) is 1. The maximum Gasteiger partial charge on any atom is 0.163 e. The fourth-order valence-electron chi connectivity index (χ4n) is 5.95. The number of phenolic OH excluding ortho intramolecular Hbond substituents is 1. The van der Waals surface area contributed by atoms with Crippen LogP contribution in [0.5, 0.6) is 5.75 Å². The van der Waals surface area contributed by atoms with Crippen molar-refractivity contribution in [2.75, 3.05) is 0 Å². The highest BCUT2D eigenvalue weighted by Crippen LogP contribution is 2.57. The summed E-state index contributed by atoms with van der Waals surface area (Å²) in [6.07, 6.45) is 6.16. The molecule has 0 spiro atoms. The van der Waals surface area contributed by atoms with E-state index in [-0.39, 0.29) is 16.9 Å². The van der Waals surface area contributed by atoms with Crippen molar-refractivity contribution in [2.24, 2.45) is 5.41 Å². The SMILES string of the molecule is O=C1CCCC2(Cc3ccccc3)Cc3c(ccc4c3cnn4SI)C2=C1c1ccc(O)cc1. The Kier molecular flexibility index (Phi) is 5.53. The molecule has 6 rings (SSSR count). The van der Waals surface area contributed by atoms with Crippen molar-refractivity contribution < 1.29 is 9.90 Å². The first-order valence-corrected chi connectivity index (χ1v) is 14.8. The molecule has 1 atom stereocenters. The summed E-state index contributed by atoms with van der Waals surface area (Å²) >= 11 is 2.26. The van der Waals surface area contributed by atoms with E-state index in [0.29, 0.717) is 6.42 Å². The van der Waals surface area contributed by atoms with Gasteiger partial charge in [0.1, 0.15) is 5.75 Å². The van der Waals surface area contributed by atoms with E-state index in [1.807, 2.05) is 22.4 Å². The van der Waals surface area contributed by atoms with Gasteiger partial charge in [0.25, 0.3) is 0 Å². The summed E-state index contributed by atoms with van der Waals surface area (Å²) in [5.74, 6) is 0.408. The number of rotatable bonds is 4. The van der Waals surface area contributed by atoms with Gasteiger partial charge in [0.05, 0.1) is 11.7 Å². The molecule has 4 aromatic rings. The number of benzene rings is 3. The molecule has 0 amide bonds. The Hall–Kier alpha value is -2.58. The molecule has 0 saturated carbocycles. The molecule has 1 heterocycles. The zero-order valence-corrected chi connectivity index (χ0v) is 21.5. The summed E-state index contributed by atoms with van der Waals surface area (Å²) in [6, 6.07) is 22.1. The molecule has 1 unspecified atom stereocenters. The fraction of sp³-hybridized carbons (Fsp3) is 0.214. The van der Waals surface area contributed by atoms with Crippen molar-refractivity contribution in [1.82, 2.24) is 9.19 Å². The van der Waals surface area contributed by atoms with E-state index in [9.17, 15) is 9.90 Å². The fourth-order valence-corrected chi connectivity index (χ4v) is 7.21. The largest absolute Gasteiger partial charge is 0.508 e. The summed E-state index contributed by atoms with van der Waals surface area (Å²) in [6.45, 7) is 0. The van der Waals surface area contributed by atoms with Crippen LogP contribution in [0.2, 0.25) is 0 Å². The van der Waals surface area contributed by atoms with Crippen molar-refractivity contribution in [3.8, 4) is 5.75 Å². The molecule has 3 aromatic carbocycles. The monoisotopic (exact) mass is 578 g/mol. The zero-order chi connectivity index (χ0) is 23.3. The Morgan fingerprint density at radius 3 is 2.62 bits per heavy atom. The predicted octanol–water partition coefficient (Wildman–Crippen LogP) is 7.04. The summed E-state index contributed by atoms with van der Waals surface area (Å²) in [5, 5.41) is 15.7. The number of carbonyl (C=O) groups excluding carboxylic acids is 1. The second kappa shape index (κ2) is 8.57. The first-order chi connectivity index (χ1) is 16.6. The maximum absolute atomic E-state index is 13.6. The third kappa shape index (κ3) is 3.50. The van der Waals surface area contributed by atoms with Crippen molar-refractivity contribution >= 4 is 58.2 Å². The van der Waals surface area contributed by atoms with Gasteiger partial charge in [-0.25, -0.2) is 0 Å². The van der Waals surface area contributed by atoms with Gasteiger partial charge in [-0.05, 0) is 71.7 Å². The van der Waals surface area contributed by atoms with Crippen molar-refractivity contribution in [1.29, 1.82) is 0 Å². The van der Waals surface area contributed by atoms with Crippen molar-refractivity contribution in [3.63, 3.8) is 0 Å². The van der Waals surface area contributed by atoms with Gasteiger partial charge in [-0.15, -0.1) is 0 Å². The number of ketones is 1. The number of halogens is 1. The van der Waals surface area contributed by atoms with Gasteiger partial charge in [0.15, 0.2) is 5.78 Å². The predicted molar refractivity (Wildman–Crippen MR) is 147 cm³/mol. The highest BCUT2D eigenvalue weighted by Gasteiger charge is 2.46. The van der Waals surface area contributed by atoms with Gasteiger partial charge in [-0.3, -0.25) is 4.79 Å².